The van der Waals surface area contributed by atoms with Gasteiger partial charge in [0, 0.05) is 17.0 Å². The fraction of sp³-hybridized carbons (Fsp3) is 0.412. The van der Waals surface area contributed by atoms with Crippen LogP contribution in [0.1, 0.15) is 31.9 Å². The lowest BCUT2D eigenvalue weighted by atomic mass is 9.65. The fourth-order valence-corrected chi connectivity index (χ4v) is 3.29. The highest BCUT2D eigenvalue weighted by atomic mass is 15.0. The third kappa shape index (κ3) is 1.61. The Morgan fingerprint density at radius 2 is 1.94 bits per heavy atom. The Balaban J connectivity index is 2.15. The summed E-state index contributed by atoms with van der Waals surface area (Å²) in [4.78, 5) is 0. The molecular formula is C17H21N. The zero-order valence-electron chi connectivity index (χ0n) is 11.6. The first-order valence-electron chi connectivity index (χ1n) is 6.73. The Morgan fingerprint density at radius 1 is 1.17 bits per heavy atom. The molecule has 1 N–H and O–H groups in total. The molecule has 2 unspecified atom stereocenters. The fourth-order valence-electron chi connectivity index (χ4n) is 3.29. The summed E-state index contributed by atoms with van der Waals surface area (Å²) in [6, 6.07) is 7.18. The molecule has 1 aromatic carbocycles. The summed E-state index contributed by atoms with van der Waals surface area (Å²) in [6.07, 6.45) is 6.96. The SMILES string of the molecule is CC1=CC2C(C=C1)Nc1ccc(C)cc1C2(C)C. The van der Waals surface area contributed by atoms with Crippen molar-refractivity contribution in [3.63, 3.8) is 0 Å². The number of hydrogen-bond acceptors (Lipinski definition) is 1. The highest BCUT2D eigenvalue weighted by molar-refractivity contribution is 5.61. The molecule has 94 valence electrons. The maximum atomic E-state index is 3.67. The van der Waals surface area contributed by atoms with Crippen molar-refractivity contribution in [2.45, 2.75) is 39.2 Å². The van der Waals surface area contributed by atoms with Crippen LogP contribution < -0.4 is 5.32 Å². The zero-order valence-corrected chi connectivity index (χ0v) is 11.6. The predicted octanol–water partition coefficient (Wildman–Crippen LogP) is 4.20. The molecule has 1 heterocycles. The molecule has 1 heteroatoms. The smallest absolute Gasteiger partial charge is 0.0518 e. The van der Waals surface area contributed by atoms with Crippen LogP contribution in [0, 0.1) is 12.8 Å². The molecule has 18 heavy (non-hydrogen) atoms. The van der Waals surface area contributed by atoms with E-state index in [0.29, 0.717) is 12.0 Å². The molecule has 0 saturated heterocycles. The van der Waals surface area contributed by atoms with E-state index in [0.717, 1.165) is 0 Å². The second kappa shape index (κ2) is 3.74. The van der Waals surface area contributed by atoms with Crippen molar-refractivity contribution in [3.05, 3.63) is 53.1 Å². The second-order valence-corrected chi connectivity index (χ2v) is 6.24. The minimum absolute atomic E-state index is 0.184. The summed E-state index contributed by atoms with van der Waals surface area (Å²) in [6.45, 7) is 9.10. The summed E-state index contributed by atoms with van der Waals surface area (Å²) in [5, 5.41) is 3.67. The van der Waals surface area contributed by atoms with Crippen molar-refractivity contribution in [2.24, 2.45) is 5.92 Å². The topological polar surface area (TPSA) is 12.0 Å². The second-order valence-electron chi connectivity index (χ2n) is 6.24. The summed E-state index contributed by atoms with van der Waals surface area (Å²) in [5.41, 5.74) is 5.65. The lowest BCUT2D eigenvalue weighted by Crippen LogP contribution is -2.45. The average Bonchev–Trinajstić information content (AvgIpc) is 2.32. The molecular weight excluding hydrogens is 218 g/mol. The molecule has 0 bridgehead atoms. The highest BCUT2D eigenvalue weighted by Crippen LogP contribution is 2.45. The van der Waals surface area contributed by atoms with Gasteiger partial charge < -0.3 is 5.32 Å². The van der Waals surface area contributed by atoms with Gasteiger partial charge in [-0.3, -0.25) is 0 Å². The van der Waals surface area contributed by atoms with E-state index < -0.39 is 0 Å². The summed E-state index contributed by atoms with van der Waals surface area (Å²) < 4.78 is 0. The van der Waals surface area contributed by atoms with Gasteiger partial charge in [-0.05, 0) is 25.5 Å². The Kier molecular flexibility index (Phi) is 2.41. The van der Waals surface area contributed by atoms with Gasteiger partial charge in [-0.25, -0.2) is 0 Å². The van der Waals surface area contributed by atoms with Gasteiger partial charge in [0.1, 0.15) is 0 Å². The summed E-state index contributed by atoms with van der Waals surface area (Å²) >= 11 is 0. The Hall–Kier alpha value is -1.50. The highest BCUT2D eigenvalue weighted by Gasteiger charge is 2.41. The largest absolute Gasteiger partial charge is 0.378 e. The van der Waals surface area contributed by atoms with Crippen LogP contribution in [0.25, 0.3) is 0 Å². The van der Waals surface area contributed by atoms with E-state index >= 15 is 0 Å². The van der Waals surface area contributed by atoms with Crippen molar-refractivity contribution >= 4 is 5.69 Å². The molecule has 3 rings (SSSR count). The first-order chi connectivity index (χ1) is 8.48. The van der Waals surface area contributed by atoms with Crippen molar-refractivity contribution in [1.82, 2.24) is 0 Å². The van der Waals surface area contributed by atoms with Crippen LogP contribution in [0.4, 0.5) is 5.69 Å². The first-order valence-corrected chi connectivity index (χ1v) is 6.73. The van der Waals surface area contributed by atoms with Gasteiger partial charge in [-0.1, -0.05) is 55.3 Å². The quantitative estimate of drug-likeness (QED) is 0.715. The van der Waals surface area contributed by atoms with Crippen LogP contribution in [0.2, 0.25) is 0 Å². The minimum atomic E-state index is 0.184. The number of aryl methyl sites for hydroxylation is 1. The van der Waals surface area contributed by atoms with Crippen LogP contribution in [-0.2, 0) is 5.41 Å². The van der Waals surface area contributed by atoms with Gasteiger partial charge in [0.2, 0.25) is 0 Å². The number of hydrogen-bond donors (Lipinski definition) is 1. The monoisotopic (exact) mass is 239 g/mol. The number of nitrogens with one attached hydrogen (secondary N) is 1. The normalized spacial score (nSPS) is 27.9. The van der Waals surface area contributed by atoms with Crippen molar-refractivity contribution in [2.75, 3.05) is 5.32 Å². The molecule has 1 aliphatic heterocycles. The third-order valence-electron chi connectivity index (χ3n) is 4.42. The van der Waals surface area contributed by atoms with Gasteiger partial charge >= 0.3 is 0 Å². The lowest BCUT2D eigenvalue weighted by molar-refractivity contribution is 0.348. The van der Waals surface area contributed by atoms with E-state index in [1.165, 1.54) is 22.4 Å². The van der Waals surface area contributed by atoms with Gasteiger partial charge in [-0.2, -0.15) is 0 Å². The van der Waals surface area contributed by atoms with Crippen molar-refractivity contribution < 1.29 is 0 Å². The molecule has 0 amide bonds. The number of rotatable bonds is 0. The minimum Gasteiger partial charge on any atom is -0.378 e. The number of allylic oxidation sites excluding steroid dienone is 2. The first kappa shape index (κ1) is 11.6. The Labute approximate surface area is 110 Å². The van der Waals surface area contributed by atoms with Crippen LogP contribution in [0.15, 0.2) is 42.0 Å². The summed E-state index contributed by atoms with van der Waals surface area (Å²) in [7, 11) is 0. The van der Waals surface area contributed by atoms with Crippen molar-refractivity contribution in [3.8, 4) is 0 Å². The Bertz CT molecular complexity index is 549. The van der Waals surface area contributed by atoms with E-state index in [4.69, 9.17) is 0 Å². The van der Waals surface area contributed by atoms with Gasteiger partial charge in [-0.15, -0.1) is 0 Å². The molecule has 0 fully saturated rings. The van der Waals surface area contributed by atoms with E-state index in [2.05, 4.69) is 69.4 Å². The molecule has 0 saturated carbocycles. The predicted molar refractivity (Wildman–Crippen MR) is 78.0 cm³/mol. The molecule has 0 radical (unpaired) electrons. The van der Waals surface area contributed by atoms with E-state index in [1.54, 1.807) is 0 Å². The average molecular weight is 239 g/mol. The third-order valence-corrected chi connectivity index (χ3v) is 4.42. The summed E-state index contributed by atoms with van der Waals surface area (Å²) in [5.74, 6) is 0.539. The molecule has 0 spiro atoms. The molecule has 2 atom stereocenters. The molecule has 1 nitrogen and oxygen atoms in total. The van der Waals surface area contributed by atoms with Crippen molar-refractivity contribution in [1.29, 1.82) is 0 Å². The number of anilines is 1. The molecule has 2 aliphatic rings. The molecule has 1 aromatic rings. The van der Waals surface area contributed by atoms with Gasteiger partial charge in [0.15, 0.2) is 0 Å². The number of benzene rings is 1. The van der Waals surface area contributed by atoms with E-state index in [9.17, 15) is 0 Å². The maximum Gasteiger partial charge on any atom is 0.0518 e. The van der Waals surface area contributed by atoms with Crippen LogP contribution in [-0.4, -0.2) is 6.04 Å². The Morgan fingerprint density at radius 3 is 2.72 bits per heavy atom. The molecule has 0 aromatic heterocycles. The number of fused-ring (bicyclic) bond motifs is 2. The van der Waals surface area contributed by atoms with E-state index in [1.807, 2.05) is 0 Å². The lowest BCUT2D eigenvalue weighted by Gasteiger charge is -2.45. The molecule has 1 aliphatic carbocycles. The van der Waals surface area contributed by atoms with Crippen LogP contribution in [0.5, 0.6) is 0 Å². The van der Waals surface area contributed by atoms with Gasteiger partial charge in [0.25, 0.3) is 0 Å². The van der Waals surface area contributed by atoms with Crippen LogP contribution >= 0.6 is 0 Å². The van der Waals surface area contributed by atoms with Crippen LogP contribution in [0.3, 0.4) is 0 Å². The zero-order chi connectivity index (χ0) is 12.9. The standard InChI is InChI=1S/C17H21N/c1-11-5-7-15-13(9-11)17(3,4)14-10-12(2)6-8-16(14)18-15/h5-10,13,15,18H,1-4H3. The van der Waals surface area contributed by atoms with E-state index in [-0.39, 0.29) is 5.41 Å². The maximum absolute atomic E-state index is 3.67. The van der Waals surface area contributed by atoms with Gasteiger partial charge in [0.05, 0.1) is 6.04 Å².